The first kappa shape index (κ1) is 8.69. The summed E-state index contributed by atoms with van der Waals surface area (Å²) in [5, 5.41) is 19.2. The summed E-state index contributed by atoms with van der Waals surface area (Å²) in [4.78, 5) is 0. The third-order valence-corrected chi connectivity index (χ3v) is 2.20. The average Bonchev–Trinajstić information content (AvgIpc) is 3.00. The fourth-order valence-electron chi connectivity index (χ4n) is 1.30. The number of ether oxygens (including phenoxy) is 1. The van der Waals surface area contributed by atoms with Crippen LogP contribution < -0.4 is 0 Å². The number of epoxide rings is 1. The molecule has 1 aromatic carbocycles. The molecule has 3 nitrogen and oxygen atoms in total. The van der Waals surface area contributed by atoms with Gasteiger partial charge in [-0.25, -0.2) is 0 Å². The number of aliphatic hydroxyl groups excluding tert-OH is 2. The van der Waals surface area contributed by atoms with Crippen LogP contribution in [0.1, 0.15) is 11.7 Å². The van der Waals surface area contributed by atoms with Crippen molar-refractivity contribution >= 4 is 0 Å². The fourth-order valence-corrected chi connectivity index (χ4v) is 1.30. The summed E-state index contributed by atoms with van der Waals surface area (Å²) in [7, 11) is 0. The van der Waals surface area contributed by atoms with Gasteiger partial charge in [0.15, 0.2) is 0 Å². The van der Waals surface area contributed by atoms with E-state index >= 15 is 0 Å². The highest BCUT2D eigenvalue weighted by molar-refractivity contribution is 5.19. The van der Waals surface area contributed by atoms with Crippen LogP contribution in [0.25, 0.3) is 0 Å². The Kier molecular flexibility index (Phi) is 2.31. The standard InChI is InChI=1S/C10H12O3/c11-9(10(12)8-6-13-8)7-4-2-1-3-5-7/h1-5,8-12H,6H2/t8-,9+,10+/m1/s1. The molecular weight excluding hydrogens is 168 g/mol. The Morgan fingerprint density at radius 3 is 2.38 bits per heavy atom. The van der Waals surface area contributed by atoms with Gasteiger partial charge in [0.2, 0.25) is 0 Å². The van der Waals surface area contributed by atoms with Crippen LogP contribution in [0.4, 0.5) is 0 Å². The summed E-state index contributed by atoms with van der Waals surface area (Å²) in [6.45, 7) is 0.547. The molecular formula is C10H12O3. The SMILES string of the molecule is O[C@@H]([C@H]1CO1)[C@@H](O)c1ccccc1. The maximum atomic E-state index is 9.67. The topological polar surface area (TPSA) is 53.0 Å². The Labute approximate surface area is 76.6 Å². The third-order valence-electron chi connectivity index (χ3n) is 2.20. The molecule has 0 amide bonds. The lowest BCUT2D eigenvalue weighted by Crippen LogP contribution is -2.23. The molecule has 3 heteroatoms. The summed E-state index contributed by atoms with van der Waals surface area (Å²) < 4.78 is 4.90. The smallest absolute Gasteiger partial charge is 0.112 e. The number of aliphatic hydroxyl groups is 2. The van der Waals surface area contributed by atoms with Gasteiger partial charge >= 0.3 is 0 Å². The van der Waals surface area contributed by atoms with E-state index in [1.54, 1.807) is 12.1 Å². The normalized spacial score (nSPS) is 25.2. The minimum Gasteiger partial charge on any atom is -0.387 e. The van der Waals surface area contributed by atoms with E-state index in [1.165, 1.54) is 0 Å². The van der Waals surface area contributed by atoms with Crippen molar-refractivity contribution in [3.05, 3.63) is 35.9 Å². The molecule has 1 aromatic rings. The molecule has 13 heavy (non-hydrogen) atoms. The van der Waals surface area contributed by atoms with Gasteiger partial charge in [-0.15, -0.1) is 0 Å². The molecule has 2 rings (SSSR count). The number of hydrogen-bond acceptors (Lipinski definition) is 3. The predicted octanol–water partition coefficient (Wildman–Crippen LogP) is 0.480. The summed E-state index contributed by atoms with van der Waals surface area (Å²) in [5.41, 5.74) is 0.727. The zero-order chi connectivity index (χ0) is 9.26. The monoisotopic (exact) mass is 180 g/mol. The first-order valence-electron chi connectivity index (χ1n) is 4.32. The summed E-state index contributed by atoms with van der Waals surface area (Å²) >= 11 is 0. The molecule has 0 spiro atoms. The van der Waals surface area contributed by atoms with Gasteiger partial charge in [0.1, 0.15) is 18.3 Å². The quantitative estimate of drug-likeness (QED) is 0.665. The van der Waals surface area contributed by atoms with Crippen molar-refractivity contribution in [1.82, 2.24) is 0 Å². The largest absolute Gasteiger partial charge is 0.387 e. The van der Waals surface area contributed by atoms with E-state index < -0.39 is 12.2 Å². The van der Waals surface area contributed by atoms with Gasteiger partial charge in [0.25, 0.3) is 0 Å². The van der Waals surface area contributed by atoms with E-state index in [9.17, 15) is 10.2 Å². The van der Waals surface area contributed by atoms with E-state index in [0.717, 1.165) is 5.56 Å². The highest BCUT2D eigenvalue weighted by Gasteiger charge is 2.36. The van der Waals surface area contributed by atoms with Crippen LogP contribution in [0.15, 0.2) is 30.3 Å². The van der Waals surface area contributed by atoms with E-state index in [0.29, 0.717) is 6.61 Å². The van der Waals surface area contributed by atoms with Gasteiger partial charge in [-0.2, -0.15) is 0 Å². The van der Waals surface area contributed by atoms with Crippen LogP contribution in [0.5, 0.6) is 0 Å². The van der Waals surface area contributed by atoms with Crippen LogP contribution in [0.2, 0.25) is 0 Å². The second-order valence-corrected chi connectivity index (χ2v) is 3.22. The highest BCUT2D eigenvalue weighted by Crippen LogP contribution is 2.25. The molecule has 1 aliphatic heterocycles. The molecule has 0 aliphatic carbocycles. The van der Waals surface area contributed by atoms with Crippen molar-refractivity contribution < 1.29 is 14.9 Å². The number of benzene rings is 1. The fraction of sp³-hybridized carbons (Fsp3) is 0.400. The predicted molar refractivity (Wildman–Crippen MR) is 47.1 cm³/mol. The van der Waals surface area contributed by atoms with Gasteiger partial charge in [-0.3, -0.25) is 0 Å². The highest BCUT2D eigenvalue weighted by atomic mass is 16.6. The molecule has 0 unspecified atom stereocenters. The van der Waals surface area contributed by atoms with Crippen LogP contribution >= 0.6 is 0 Å². The molecule has 0 radical (unpaired) electrons. The lowest BCUT2D eigenvalue weighted by Gasteiger charge is -2.15. The summed E-state index contributed by atoms with van der Waals surface area (Å²) in [5.74, 6) is 0. The van der Waals surface area contributed by atoms with Crippen molar-refractivity contribution in [2.24, 2.45) is 0 Å². The minimum absolute atomic E-state index is 0.185. The summed E-state index contributed by atoms with van der Waals surface area (Å²) in [6.07, 6.45) is -1.83. The van der Waals surface area contributed by atoms with Gasteiger partial charge in [0.05, 0.1) is 6.61 Å². The molecule has 2 N–H and O–H groups in total. The Hall–Kier alpha value is -0.900. The average molecular weight is 180 g/mol. The maximum absolute atomic E-state index is 9.67. The van der Waals surface area contributed by atoms with Gasteiger partial charge in [-0.1, -0.05) is 30.3 Å². The zero-order valence-corrected chi connectivity index (χ0v) is 7.13. The lowest BCUT2D eigenvalue weighted by molar-refractivity contribution is 0.00162. The Balaban J connectivity index is 2.07. The molecule has 1 fully saturated rings. The molecule has 1 heterocycles. The Morgan fingerprint density at radius 1 is 1.23 bits per heavy atom. The first-order valence-corrected chi connectivity index (χ1v) is 4.32. The number of rotatable bonds is 3. The second kappa shape index (κ2) is 3.46. The van der Waals surface area contributed by atoms with E-state index in [-0.39, 0.29) is 6.10 Å². The summed E-state index contributed by atoms with van der Waals surface area (Å²) in [6, 6.07) is 9.11. The van der Waals surface area contributed by atoms with Crippen molar-refractivity contribution in [3.8, 4) is 0 Å². The molecule has 1 saturated heterocycles. The van der Waals surface area contributed by atoms with E-state index in [4.69, 9.17) is 4.74 Å². The van der Waals surface area contributed by atoms with Crippen LogP contribution in [0.3, 0.4) is 0 Å². The number of hydrogen-bond donors (Lipinski definition) is 2. The Morgan fingerprint density at radius 2 is 1.85 bits per heavy atom. The maximum Gasteiger partial charge on any atom is 0.112 e. The van der Waals surface area contributed by atoms with Crippen LogP contribution in [0, 0.1) is 0 Å². The van der Waals surface area contributed by atoms with E-state index in [2.05, 4.69) is 0 Å². The van der Waals surface area contributed by atoms with Gasteiger partial charge < -0.3 is 14.9 Å². The van der Waals surface area contributed by atoms with E-state index in [1.807, 2.05) is 18.2 Å². The van der Waals surface area contributed by atoms with Crippen LogP contribution in [-0.4, -0.2) is 29.0 Å². The molecule has 0 saturated carbocycles. The second-order valence-electron chi connectivity index (χ2n) is 3.22. The van der Waals surface area contributed by atoms with Gasteiger partial charge in [-0.05, 0) is 5.56 Å². The van der Waals surface area contributed by atoms with Crippen molar-refractivity contribution in [2.45, 2.75) is 18.3 Å². The van der Waals surface area contributed by atoms with Crippen molar-refractivity contribution in [2.75, 3.05) is 6.61 Å². The minimum atomic E-state index is -0.839. The van der Waals surface area contributed by atoms with Gasteiger partial charge in [0, 0.05) is 0 Å². The zero-order valence-electron chi connectivity index (χ0n) is 7.13. The van der Waals surface area contributed by atoms with Crippen LogP contribution in [-0.2, 0) is 4.74 Å². The van der Waals surface area contributed by atoms with Crippen molar-refractivity contribution in [3.63, 3.8) is 0 Å². The molecule has 3 atom stereocenters. The molecule has 1 aliphatic rings. The lowest BCUT2D eigenvalue weighted by atomic mass is 10.0. The first-order chi connectivity index (χ1) is 6.29. The molecule has 0 aromatic heterocycles. The Bertz CT molecular complexity index is 269. The molecule has 70 valence electrons. The molecule has 0 bridgehead atoms. The van der Waals surface area contributed by atoms with Crippen molar-refractivity contribution in [1.29, 1.82) is 0 Å². The third kappa shape index (κ3) is 1.88.